The molecule has 1 N–H and O–H groups in total. The molecule has 0 spiro atoms. The fourth-order valence-corrected chi connectivity index (χ4v) is 2.99. The van der Waals surface area contributed by atoms with Crippen molar-refractivity contribution in [3.63, 3.8) is 0 Å². The maximum Gasteiger partial charge on any atom is 0.309 e. The highest BCUT2D eigenvalue weighted by atomic mass is 35.5. The van der Waals surface area contributed by atoms with Gasteiger partial charge in [0.25, 0.3) is 5.56 Å². The first-order chi connectivity index (χ1) is 11.0. The largest absolute Gasteiger partial charge is 0.481 e. The van der Waals surface area contributed by atoms with Gasteiger partial charge >= 0.3 is 5.97 Å². The predicted octanol–water partition coefficient (Wildman–Crippen LogP) is 3.49. The van der Waals surface area contributed by atoms with Gasteiger partial charge in [0.2, 0.25) is 0 Å². The van der Waals surface area contributed by atoms with Crippen LogP contribution in [0.15, 0.2) is 53.3 Å². The van der Waals surface area contributed by atoms with Crippen LogP contribution in [-0.2, 0) is 18.3 Å². The fraction of sp³-hybridized carbons (Fsp3) is 0.111. The number of rotatable bonds is 3. The number of hydrogen-bond donors (Lipinski definition) is 1. The summed E-state index contributed by atoms with van der Waals surface area (Å²) >= 11 is 6.10. The number of nitrogens with zero attached hydrogens (tertiary/aromatic N) is 1. The average molecular weight is 328 g/mol. The van der Waals surface area contributed by atoms with E-state index in [9.17, 15) is 14.7 Å². The Labute approximate surface area is 137 Å². The van der Waals surface area contributed by atoms with Crippen LogP contribution in [0.1, 0.15) is 5.69 Å². The van der Waals surface area contributed by atoms with E-state index in [0.29, 0.717) is 21.5 Å². The van der Waals surface area contributed by atoms with E-state index < -0.39 is 5.97 Å². The summed E-state index contributed by atoms with van der Waals surface area (Å²) in [6.07, 6.45) is -0.238. The van der Waals surface area contributed by atoms with E-state index in [2.05, 4.69) is 0 Å². The zero-order chi connectivity index (χ0) is 16.6. The average Bonchev–Trinajstić information content (AvgIpc) is 2.53. The van der Waals surface area contributed by atoms with Crippen molar-refractivity contribution in [2.45, 2.75) is 6.42 Å². The van der Waals surface area contributed by atoms with Crippen LogP contribution in [0.2, 0.25) is 5.02 Å². The topological polar surface area (TPSA) is 59.3 Å². The third kappa shape index (κ3) is 2.73. The molecular weight excluding hydrogens is 314 g/mol. The minimum atomic E-state index is -0.987. The minimum absolute atomic E-state index is 0.229. The van der Waals surface area contributed by atoms with Crippen molar-refractivity contribution in [2.24, 2.45) is 7.05 Å². The molecule has 0 radical (unpaired) electrons. The van der Waals surface area contributed by atoms with Gasteiger partial charge in [-0.05, 0) is 29.1 Å². The van der Waals surface area contributed by atoms with Gasteiger partial charge in [-0.3, -0.25) is 9.59 Å². The third-order valence-electron chi connectivity index (χ3n) is 3.86. The molecule has 0 aliphatic rings. The van der Waals surface area contributed by atoms with Crippen LogP contribution >= 0.6 is 11.6 Å². The smallest absolute Gasteiger partial charge is 0.309 e. The second-order valence-electron chi connectivity index (χ2n) is 5.31. The second-order valence-corrected chi connectivity index (χ2v) is 5.75. The van der Waals surface area contributed by atoms with Crippen molar-refractivity contribution in [3.8, 4) is 11.1 Å². The van der Waals surface area contributed by atoms with Gasteiger partial charge in [0, 0.05) is 28.7 Å². The molecule has 5 heteroatoms. The molecule has 3 aromatic rings. The number of fused-ring (bicyclic) bond motifs is 1. The lowest BCUT2D eigenvalue weighted by atomic mass is 9.95. The monoisotopic (exact) mass is 327 g/mol. The molecule has 2 aromatic carbocycles. The van der Waals surface area contributed by atoms with Gasteiger partial charge in [0.05, 0.1) is 6.42 Å². The van der Waals surface area contributed by atoms with Gasteiger partial charge < -0.3 is 9.67 Å². The lowest BCUT2D eigenvalue weighted by molar-refractivity contribution is -0.136. The number of carboxylic acids is 1. The van der Waals surface area contributed by atoms with Crippen molar-refractivity contribution < 1.29 is 9.90 Å². The van der Waals surface area contributed by atoms with Crippen LogP contribution in [0.4, 0.5) is 0 Å². The molecule has 0 saturated heterocycles. The number of aromatic nitrogens is 1. The molecule has 0 amide bonds. The number of hydrogen-bond acceptors (Lipinski definition) is 2. The van der Waals surface area contributed by atoms with Gasteiger partial charge in [-0.25, -0.2) is 0 Å². The molecule has 23 heavy (non-hydrogen) atoms. The molecular formula is C18H14ClNO3. The molecule has 0 unspecified atom stereocenters. The first kappa shape index (κ1) is 15.3. The van der Waals surface area contributed by atoms with Crippen molar-refractivity contribution in [2.75, 3.05) is 0 Å². The second kappa shape index (κ2) is 5.89. The molecule has 0 aliphatic heterocycles. The summed E-state index contributed by atoms with van der Waals surface area (Å²) in [5, 5.41) is 10.9. The predicted molar refractivity (Wildman–Crippen MR) is 91.0 cm³/mol. The highest BCUT2D eigenvalue weighted by molar-refractivity contribution is 6.31. The number of pyridine rings is 1. The molecule has 1 heterocycles. The molecule has 0 saturated carbocycles. The van der Waals surface area contributed by atoms with E-state index in [4.69, 9.17) is 11.6 Å². The van der Waals surface area contributed by atoms with Crippen LogP contribution in [0.5, 0.6) is 0 Å². The van der Waals surface area contributed by atoms with Crippen LogP contribution in [0, 0.1) is 0 Å². The fourth-order valence-electron chi connectivity index (χ4n) is 2.81. The van der Waals surface area contributed by atoms with Crippen LogP contribution in [0.25, 0.3) is 21.9 Å². The van der Waals surface area contributed by atoms with Crippen LogP contribution in [0.3, 0.4) is 0 Å². The van der Waals surface area contributed by atoms with Gasteiger partial charge in [0.15, 0.2) is 0 Å². The summed E-state index contributed by atoms with van der Waals surface area (Å²) < 4.78 is 1.41. The van der Waals surface area contributed by atoms with Crippen molar-refractivity contribution in [3.05, 3.63) is 69.6 Å². The Morgan fingerprint density at radius 2 is 1.83 bits per heavy atom. The zero-order valence-electron chi connectivity index (χ0n) is 12.4. The first-order valence-electron chi connectivity index (χ1n) is 7.07. The quantitative estimate of drug-likeness (QED) is 0.801. The molecule has 0 fully saturated rings. The Morgan fingerprint density at radius 3 is 2.48 bits per heavy atom. The minimum Gasteiger partial charge on any atom is -0.481 e. The Kier molecular flexibility index (Phi) is 3.92. The van der Waals surface area contributed by atoms with Crippen LogP contribution < -0.4 is 5.56 Å². The van der Waals surface area contributed by atoms with E-state index in [-0.39, 0.29) is 12.0 Å². The summed E-state index contributed by atoms with van der Waals surface area (Å²) in [5.74, 6) is -0.987. The molecule has 0 aliphatic carbocycles. The molecule has 0 atom stereocenters. The van der Waals surface area contributed by atoms with E-state index in [1.807, 2.05) is 30.3 Å². The Morgan fingerprint density at radius 1 is 1.13 bits per heavy atom. The van der Waals surface area contributed by atoms with Crippen molar-refractivity contribution in [1.29, 1.82) is 0 Å². The van der Waals surface area contributed by atoms with Gasteiger partial charge in [-0.15, -0.1) is 0 Å². The van der Waals surface area contributed by atoms with Gasteiger partial charge in [-0.1, -0.05) is 41.9 Å². The number of carbonyl (C=O) groups is 1. The Hall–Kier alpha value is -2.59. The molecule has 116 valence electrons. The lowest BCUT2D eigenvalue weighted by Gasteiger charge is -2.16. The van der Waals surface area contributed by atoms with Gasteiger partial charge in [0.1, 0.15) is 0 Å². The van der Waals surface area contributed by atoms with E-state index in [0.717, 1.165) is 11.1 Å². The van der Waals surface area contributed by atoms with Crippen molar-refractivity contribution >= 4 is 28.3 Å². The summed E-state index contributed by atoms with van der Waals surface area (Å²) in [6, 6.07) is 14.5. The zero-order valence-corrected chi connectivity index (χ0v) is 13.2. The lowest BCUT2D eigenvalue weighted by Crippen LogP contribution is -2.23. The SMILES string of the molecule is Cn1c(CC(=O)O)c(-c2ccccc2)c2cc(Cl)ccc2c1=O. The molecule has 1 aromatic heterocycles. The van der Waals surface area contributed by atoms with Crippen molar-refractivity contribution in [1.82, 2.24) is 4.57 Å². The maximum atomic E-state index is 12.6. The van der Waals surface area contributed by atoms with E-state index in [1.54, 1.807) is 25.2 Å². The number of halogens is 1. The number of carboxylic acid groups (broad SMARTS) is 1. The highest BCUT2D eigenvalue weighted by Crippen LogP contribution is 2.32. The Balaban J connectivity index is 2.50. The van der Waals surface area contributed by atoms with E-state index in [1.165, 1.54) is 4.57 Å². The van der Waals surface area contributed by atoms with Crippen LogP contribution in [-0.4, -0.2) is 15.6 Å². The highest BCUT2D eigenvalue weighted by Gasteiger charge is 2.18. The third-order valence-corrected chi connectivity index (χ3v) is 4.10. The van der Waals surface area contributed by atoms with E-state index >= 15 is 0 Å². The summed E-state index contributed by atoms with van der Waals surface area (Å²) in [5.41, 5.74) is 1.82. The first-order valence-corrected chi connectivity index (χ1v) is 7.45. The summed E-state index contributed by atoms with van der Waals surface area (Å²) in [4.78, 5) is 23.8. The normalized spacial score (nSPS) is 10.9. The Bertz CT molecular complexity index is 961. The number of aliphatic carboxylic acids is 1. The maximum absolute atomic E-state index is 12.6. The summed E-state index contributed by atoms with van der Waals surface area (Å²) in [7, 11) is 1.60. The standard InChI is InChI=1S/C18H14ClNO3/c1-20-15(10-16(21)22)17(11-5-3-2-4-6-11)14-9-12(19)7-8-13(14)18(20)23/h2-9H,10H2,1H3,(H,21,22). The molecule has 0 bridgehead atoms. The molecule has 4 nitrogen and oxygen atoms in total. The molecule has 3 rings (SSSR count). The number of benzene rings is 2. The van der Waals surface area contributed by atoms with Gasteiger partial charge in [-0.2, -0.15) is 0 Å². The summed E-state index contributed by atoms with van der Waals surface area (Å²) in [6.45, 7) is 0.